The number of nitrogens with two attached hydrogens (primary N) is 1. The predicted octanol–water partition coefficient (Wildman–Crippen LogP) is 2.68. The molecule has 2 aliphatic heterocycles. The summed E-state index contributed by atoms with van der Waals surface area (Å²) in [6.07, 6.45) is 1.95. The molecular formula is C23H37N5OS. The van der Waals surface area contributed by atoms with Crippen LogP contribution in [0.3, 0.4) is 0 Å². The van der Waals surface area contributed by atoms with E-state index < -0.39 is 0 Å². The summed E-state index contributed by atoms with van der Waals surface area (Å²) in [6, 6.07) is 8.67. The Labute approximate surface area is 185 Å². The van der Waals surface area contributed by atoms with Crippen molar-refractivity contribution in [3.8, 4) is 0 Å². The summed E-state index contributed by atoms with van der Waals surface area (Å²) < 4.78 is 0.256. The number of nitrogens with zero attached hydrogens (tertiary/aromatic N) is 3. The van der Waals surface area contributed by atoms with Gasteiger partial charge < -0.3 is 16.0 Å². The van der Waals surface area contributed by atoms with Gasteiger partial charge in [0.2, 0.25) is 5.91 Å². The SMILES string of the molecule is CCNC(=NCc1cccc(CN2CCCC(C(N)=O)C2)c1)N1CCSC(C)(C)C1. The molecule has 0 spiro atoms. The van der Waals surface area contributed by atoms with Crippen LogP contribution in [0.4, 0.5) is 0 Å². The van der Waals surface area contributed by atoms with E-state index in [2.05, 4.69) is 60.2 Å². The number of hydrogen-bond acceptors (Lipinski definition) is 4. The zero-order valence-corrected chi connectivity index (χ0v) is 19.5. The van der Waals surface area contributed by atoms with Crippen LogP contribution in [-0.2, 0) is 17.9 Å². The Bertz CT molecular complexity index is 751. The molecule has 1 unspecified atom stereocenters. The first-order chi connectivity index (χ1) is 14.4. The van der Waals surface area contributed by atoms with E-state index in [4.69, 9.17) is 10.7 Å². The van der Waals surface area contributed by atoms with Crippen LogP contribution >= 0.6 is 11.8 Å². The highest BCUT2D eigenvalue weighted by molar-refractivity contribution is 8.00. The van der Waals surface area contributed by atoms with Gasteiger partial charge in [-0.2, -0.15) is 11.8 Å². The molecule has 1 aromatic carbocycles. The normalized spacial score (nSPS) is 22.7. The number of benzene rings is 1. The Kier molecular flexibility index (Phi) is 8.06. The van der Waals surface area contributed by atoms with Gasteiger partial charge in [0.05, 0.1) is 12.5 Å². The van der Waals surface area contributed by atoms with Crippen molar-refractivity contribution in [2.24, 2.45) is 16.6 Å². The lowest BCUT2D eigenvalue weighted by Gasteiger charge is -2.39. The molecule has 1 aromatic rings. The van der Waals surface area contributed by atoms with Crippen LogP contribution in [0.25, 0.3) is 0 Å². The molecule has 3 rings (SSSR count). The number of carbonyl (C=O) groups is 1. The molecule has 3 N–H and O–H groups in total. The zero-order valence-electron chi connectivity index (χ0n) is 18.7. The number of likely N-dealkylation sites (tertiary alicyclic amines) is 1. The number of guanidine groups is 1. The molecule has 0 aliphatic carbocycles. The van der Waals surface area contributed by atoms with Crippen molar-refractivity contribution >= 4 is 23.6 Å². The molecule has 6 nitrogen and oxygen atoms in total. The molecule has 30 heavy (non-hydrogen) atoms. The molecular weight excluding hydrogens is 394 g/mol. The Hall–Kier alpha value is -1.73. The molecule has 1 atom stereocenters. The fourth-order valence-corrected chi connectivity index (χ4v) is 5.42. The first kappa shape index (κ1) is 22.9. The van der Waals surface area contributed by atoms with E-state index in [1.807, 2.05) is 11.8 Å². The second-order valence-electron chi connectivity index (χ2n) is 9.00. The molecule has 1 amide bonds. The lowest BCUT2D eigenvalue weighted by molar-refractivity contribution is -0.123. The Morgan fingerprint density at radius 1 is 1.33 bits per heavy atom. The predicted molar refractivity (Wildman–Crippen MR) is 127 cm³/mol. The number of amides is 1. The minimum Gasteiger partial charge on any atom is -0.369 e. The Morgan fingerprint density at radius 3 is 2.87 bits per heavy atom. The number of nitrogens with one attached hydrogen (secondary N) is 1. The molecule has 7 heteroatoms. The summed E-state index contributed by atoms with van der Waals surface area (Å²) in [4.78, 5) is 21.2. The number of thioether (sulfide) groups is 1. The van der Waals surface area contributed by atoms with Crippen molar-refractivity contribution in [2.75, 3.05) is 38.5 Å². The quantitative estimate of drug-likeness (QED) is 0.535. The maximum atomic E-state index is 11.5. The van der Waals surface area contributed by atoms with Gasteiger partial charge in [-0.3, -0.25) is 9.69 Å². The summed E-state index contributed by atoms with van der Waals surface area (Å²) in [7, 11) is 0. The fraction of sp³-hybridized carbons (Fsp3) is 0.652. The van der Waals surface area contributed by atoms with Crippen LogP contribution in [0.2, 0.25) is 0 Å². The summed E-state index contributed by atoms with van der Waals surface area (Å²) in [5, 5.41) is 3.47. The number of rotatable bonds is 6. The molecule has 166 valence electrons. The first-order valence-corrected chi connectivity index (χ1v) is 12.1. The minimum atomic E-state index is -0.168. The summed E-state index contributed by atoms with van der Waals surface area (Å²) >= 11 is 2.04. The Balaban J connectivity index is 1.63. The van der Waals surface area contributed by atoms with E-state index in [-0.39, 0.29) is 16.6 Å². The summed E-state index contributed by atoms with van der Waals surface area (Å²) in [5.74, 6) is 1.96. The number of hydrogen-bond donors (Lipinski definition) is 2. The zero-order chi connectivity index (χ0) is 21.6. The third-order valence-electron chi connectivity index (χ3n) is 5.78. The van der Waals surface area contributed by atoms with Crippen LogP contribution in [0.15, 0.2) is 29.3 Å². The van der Waals surface area contributed by atoms with Crippen molar-refractivity contribution in [3.05, 3.63) is 35.4 Å². The molecule has 0 saturated carbocycles. The van der Waals surface area contributed by atoms with Crippen molar-refractivity contribution in [1.29, 1.82) is 0 Å². The molecule has 2 saturated heterocycles. The first-order valence-electron chi connectivity index (χ1n) is 11.1. The van der Waals surface area contributed by atoms with Gasteiger partial charge in [0, 0.05) is 43.2 Å². The summed E-state index contributed by atoms with van der Waals surface area (Å²) in [6.45, 7) is 13.0. The number of piperidine rings is 1. The van der Waals surface area contributed by atoms with Gasteiger partial charge in [0.25, 0.3) is 0 Å². The van der Waals surface area contributed by atoms with Crippen molar-refractivity contribution < 1.29 is 4.79 Å². The van der Waals surface area contributed by atoms with Crippen LogP contribution in [0.5, 0.6) is 0 Å². The molecule has 2 heterocycles. The molecule has 0 bridgehead atoms. The summed E-state index contributed by atoms with van der Waals surface area (Å²) in [5.41, 5.74) is 8.02. The second kappa shape index (κ2) is 10.5. The van der Waals surface area contributed by atoms with Gasteiger partial charge in [-0.15, -0.1) is 0 Å². The monoisotopic (exact) mass is 431 g/mol. The maximum Gasteiger partial charge on any atom is 0.221 e. The van der Waals surface area contributed by atoms with Crippen LogP contribution in [-0.4, -0.2) is 64.9 Å². The van der Waals surface area contributed by atoms with E-state index in [1.165, 1.54) is 11.1 Å². The van der Waals surface area contributed by atoms with Gasteiger partial charge in [0.1, 0.15) is 0 Å². The van der Waals surface area contributed by atoms with Crippen LogP contribution in [0.1, 0.15) is 44.7 Å². The molecule has 2 fully saturated rings. The third kappa shape index (κ3) is 6.64. The van der Waals surface area contributed by atoms with E-state index in [9.17, 15) is 4.79 Å². The topological polar surface area (TPSA) is 74.0 Å². The lowest BCUT2D eigenvalue weighted by atomic mass is 9.97. The number of aliphatic imine (C=N–C) groups is 1. The fourth-order valence-electron chi connectivity index (χ4n) is 4.31. The average Bonchev–Trinajstić information content (AvgIpc) is 2.71. The van der Waals surface area contributed by atoms with Gasteiger partial charge >= 0.3 is 0 Å². The van der Waals surface area contributed by atoms with Gasteiger partial charge in [0.15, 0.2) is 5.96 Å². The van der Waals surface area contributed by atoms with Gasteiger partial charge in [-0.1, -0.05) is 24.3 Å². The van der Waals surface area contributed by atoms with Crippen molar-refractivity contribution in [1.82, 2.24) is 15.1 Å². The van der Waals surface area contributed by atoms with Gasteiger partial charge in [-0.25, -0.2) is 4.99 Å². The van der Waals surface area contributed by atoms with Crippen molar-refractivity contribution in [2.45, 2.75) is 51.4 Å². The molecule has 0 aromatic heterocycles. The maximum absolute atomic E-state index is 11.5. The molecule has 0 radical (unpaired) electrons. The standard InChI is InChI=1S/C23H37N5OS/c1-4-25-22(28-11-12-30-23(2,3)17-28)26-14-18-7-5-8-19(13-18)15-27-10-6-9-20(16-27)21(24)29/h5,7-8,13,20H,4,6,9-12,14-17H2,1-3H3,(H2,24,29)(H,25,26). The van der Waals surface area contributed by atoms with Gasteiger partial charge in [-0.05, 0) is 51.3 Å². The lowest BCUT2D eigenvalue weighted by Crippen LogP contribution is -2.50. The van der Waals surface area contributed by atoms with E-state index in [1.54, 1.807) is 0 Å². The van der Waals surface area contributed by atoms with Crippen LogP contribution < -0.4 is 11.1 Å². The van der Waals surface area contributed by atoms with E-state index >= 15 is 0 Å². The Morgan fingerprint density at radius 2 is 2.13 bits per heavy atom. The van der Waals surface area contributed by atoms with Crippen LogP contribution in [0, 0.1) is 5.92 Å². The third-order valence-corrected chi connectivity index (χ3v) is 7.07. The molecule has 2 aliphatic rings. The highest BCUT2D eigenvalue weighted by Gasteiger charge is 2.28. The average molecular weight is 432 g/mol. The number of carbonyl (C=O) groups excluding carboxylic acids is 1. The highest BCUT2D eigenvalue weighted by atomic mass is 32.2. The highest BCUT2D eigenvalue weighted by Crippen LogP contribution is 2.29. The second-order valence-corrected chi connectivity index (χ2v) is 10.8. The number of primary amides is 1. The smallest absolute Gasteiger partial charge is 0.221 e. The minimum absolute atomic E-state index is 0.0128. The van der Waals surface area contributed by atoms with E-state index in [0.29, 0.717) is 6.54 Å². The van der Waals surface area contributed by atoms with Crippen molar-refractivity contribution in [3.63, 3.8) is 0 Å². The largest absolute Gasteiger partial charge is 0.369 e. The van der Waals surface area contributed by atoms with E-state index in [0.717, 1.165) is 63.8 Å².